The van der Waals surface area contributed by atoms with Crippen LogP contribution < -0.4 is 22.3 Å². The summed E-state index contributed by atoms with van der Waals surface area (Å²) in [7, 11) is 0. The molecule has 0 aliphatic heterocycles. The molecule has 0 saturated heterocycles. The molecule has 0 heterocycles. The zero-order valence-electron chi connectivity index (χ0n) is 11.0. The summed E-state index contributed by atoms with van der Waals surface area (Å²) in [6.45, 7) is -0.135. The van der Waals surface area contributed by atoms with Gasteiger partial charge in [0.1, 0.15) is 12.2 Å². The van der Waals surface area contributed by atoms with Gasteiger partial charge >= 0.3 is 0 Å². The summed E-state index contributed by atoms with van der Waals surface area (Å²) < 4.78 is 4.85. The van der Waals surface area contributed by atoms with Crippen molar-refractivity contribution >= 4 is 23.2 Å². The zero-order valence-corrected chi connectivity index (χ0v) is 11.0. The lowest BCUT2D eigenvalue weighted by Gasteiger charge is -2.07. The van der Waals surface area contributed by atoms with Crippen LogP contribution in [-0.2, 0) is 9.53 Å². The molecule has 10 nitrogen and oxygen atoms in total. The summed E-state index contributed by atoms with van der Waals surface area (Å²) in [5.41, 5.74) is 7.04. The number of ether oxygens (including phenoxy) is 1. The largest absolute Gasteiger partial charge is 0.370 e. The Hall–Kier alpha value is -2.72. The van der Waals surface area contributed by atoms with Crippen LogP contribution in [0.3, 0.4) is 0 Å². The first-order valence-corrected chi connectivity index (χ1v) is 5.85. The molecule has 0 bridgehead atoms. The smallest absolute Gasteiger partial charge is 0.282 e. The number of amides is 2. The van der Waals surface area contributed by atoms with Gasteiger partial charge in [-0.2, -0.15) is 0 Å². The van der Waals surface area contributed by atoms with Crippen molar-refractivity contribution in [3.63, 3.8) is 0 Å². The average Bonchev–Trinajstić information content (AvgIpc) is 2.45. The molecule has 0 aliphatic rings. The topological polar surface area (TPSA) is 163 Å². The monoisotopic (exact) mass is 297 g/mol. The molecule has 114 valence electrons. The van der Waals surface area contributed by atoms with Crippen molar-refractivity contribution in [1.82, 2.24) is 5.32 Å². The Balaban J connectivity index is 2.67. The van der Waals surface area contributed by atoms with Gasteiger partial charge in [-0.3, -0.25) is 25.5 Å². The van der Waals surface area contributed by atoms with Crippen LogP contribution in [0.1, 0.15) is 10.4 Å². The van der Waals surface area contributed by atoms with E-state index in [0.717, 1.165) is 0 Å². The number of hydrogen-bond acceptors (Lipinski definition) is 7. The van der Waals surface area contributed by atoms with Crippen molar-refractivity contribution in [2.24, 2.45) is 11.6 Å². The molecule has 1 aromatic carbocycles. The number of anilines is 1. The Labute approximate surface area is 119 Å². The van der Waals surface area contributed by atoms with E-state index in [1.807, 2.05) is 0 Å². The number of nitrogens with one attached hydrogen (secondary N) is 2. The molecule has 0 saturated carbocycles. The molecule has 0 fully saturated rings. The zero-order chi connectivity index (χ0) is 15.8. The van der Waals surface area contributed by atoms with Gasteiger partial charge in [0.25, 0.3) is 11.6 Å². The minimum absolute atomic E-state index is 0.0529. The van der Waals surface area contributed by atoms with Crippen LogP contribution in [-0.4, -0.2) is 36.5 Å². The fourth-order valence-electron chi connectivity index (χ4n) is 1.47. The Morgan fingerprint density at radius 3 is 2.67 bits per heavy atom. The summed E-state index contributed by atoms with van der Waals surface area (Å²) in [5.74, 6) is 3.92. The molecule has 0 spiro atoms. The average molecular weight is 297 g/mol. The van der Waals surface area contributed by atoms with Crippen LogP contribution in [0.4, 0.5) is 11.4 Å². The van der Waals surface area contributed by atoms with Crippen LogP contribution in [0.5, 0.6) is 0 Å². The molecular formula is C11H15N5O5. The van der Waals surface area contributed by atoms with Crippen molar-refractivity contribution < 1.29 is 19.2 Å². The Morgan fingerprint density at radius 2 is 2.10 bits per heavy atom. The fourth-order valence-corrected chi connectivity index (χ4v) is 1.47. The van der Waals surface area contributed by atoms with E-state index in [1.165, 1.54) is 18.2 Å². The summed E-state index contributed by atoms with van der Waals surface area (Å²) in [6, 6.07) is 3.82. The first kappa shape index (κ1) is 16.3. The Kier molecular flexibility index (Phi) is 6.04. The maximum atomic E-state index is 11.9. The van der Waals surface area contributed by atoms with Crippen LogP contribution in [0.25, 0.3) is 0 Å². The molecule has 6 N–H and O–H groups in total. The lowest BCUT2D eigenvalue weighted by Crippen LogP contribution is -2.29. The highest BCUT2D eigenvalue weighted by Crippen LogP contribution is 2.22. The van der Waals surface area contributed by atoms with Gasteiger partial charge in [0.05, 0.1) is 11.5 Å². The van der Waals surface area contributed by atoms with E-state index in [4.69, 9.17) is 16.3 Å². The number of primary amides is 1. The maximum Gasteiger partial charge on any atom is 0.282 e. The Bertz CT molecular complexity index is 548. The van der Waals surface area contributed by atoms with Gasteiger partial charge in [-0.1, -0.05) is 0 Å². The maximum absolute atomic E-state index is 11.9. The molecule has 1 rings (SSSR count). The summed E-state index contributed by atoms with van der Waals surface area (Å²) in [4.78, 5) is 32.5. The lowest BCUT2D eigenvalue weighted by molar-refractivity contribution is -0.385. The number of nitrogens with zero attached hydrogens (tertiary/aromatic N) is 1. The molecule has 2 amide bonds. The molecule has 0 unspecified atom stereocenters. The minimum atomic E-state index is -0.668. The summed E-state index contributed by atoms with van der Waals surface area (Å²) >= 11 is 0. The fraction of sp³-hybridized carbons (Fsp3) is 0.273. The van der Waals surface area contributed by atoms with Crippen LogP contribution in [0.15, 0.2) is 18.2 Å². The van der Waals surface area contributed by atoms with E-state index >= 15 is 0 Å². The number of carbonyl (C=O) groups excluding carboxylic acids is 2. The summed E-state index contributed by atoms with van der Waals surface area (Å²) in [6.07, 6.45) is 0. The predicted octanol–water partition coefficient (Wildman–Crippen LogP) is -0.888. The highest BCUT2D eigenvalue weighted by Gasteiger charge is 2.20. The molecule has 0 aliphatic carbocycles. The lowest BCUT2D eigenvalue weighted by atomic mass is 10.1. The number of rotatable bonds is 8. The highest BCUT2D eigenvalue weighted by atomic mass is 16.6. The van der Waals surface area contributed by atoms with E-state index in [0.29, 0.717) is 5.69 Å². The standard InChI is InChI=1S/C11H15N5O5/c12-10(17)6-21-4-3-14-11(18)8-5-7(15-13)1-2-9(8)16(19)20/h1-2,5,15H,3-4,6,13H2,(H2,12,17)(H,14,18). The van der Waals surface area contributed by atoms with Gasteiger partial charge in [0, 0.05) is 18.3 Å². The number of nitrogen functional groups attached to an aromatic ring is 1. The third-order valence-corrected chi connectivity index (χ3v) is 2.38. The van der Waals surface area contributed by atoms with Gasteiger partial charge in [0.2, 0.25) is 5.91 Å². The molecule has 21 heavy (non-hydrogen) atoms. The molecule has 1 aromatic rings. The normalized spacial score (nSPS) is 9.95. The van der Waals surface area contributed by atoms with E-state index in [2.05, 4.69) is 10.7 Å². The van der Waals surface area contributed by atoms with E-state index in [-0.39, 0.29) is 31.0 Å². The van der Waals surface area contributed by atoms with Gasteiger partial charge < -0.3 is 21.2 Å². The number of carbonyl (C=O) groups is 2. The number of nitro benzene ring substituents is 1. The van der Waals surface area contributed by atoms with Crippen molar-refractivity contribution in [2.45, 2.75) is 0 Å². The van der Waals surface area contributed by atoms with Gasteiger partial charge in [-0.25, -0.2) is 0 Å². The third kappa shape index (κ3) is 5.04. The molecule has 10 heteroatoms. The van der Waals surface area contributed by atoms with E-state index in [1.54, 1.807) is 0 Å². The molecule has 0 radical (unpaired) electrons. The molecule has 0 aromatic heterocycles. The van der Waals surface area contributed by atoms with Crippen LogP contribution >= 0.6 is 0 Å². The van der Waals surface area contributed by atoms with E-state index in [9.17, 15) is 19.7 Å². The second-order valence-corrected chi connectivity index (χ2v) is 3.91. The van der Waals surface area contributed by atoms with Crippen LogP contribution in [0.2, 0.25) is 0 Å². The van der Waals surface area contributed by atoms with Crippen molar-refractivity contribution in [2.75, 3.05) is 25.2 Å². The second kappa shape index (κ2) is 7.77. The first-order chi connectivity index (χ1) is 9.95. The first-order valence-electron chi connectivity index (χ1n) is 5.85. The number of benzene rings is 1. The van der Waals surface area contributed by atoms with Gasteiger partial charge in [0.15, 0.2) is 0 Å². The quantitative estimate of drug-likeness (QED) is 0.209. The second-order valence-electron chi connectivity index (χ2n) is 3.91. The summed E-state index contributed by atoms with van der Waals surface area (Å²) in [5, 5.41) is 13.3. The van der Waals surface area contributed by atoms with E-state index < -0.39 is 16.7 Å². The van der Waals surface area contributed by atoms with Crippen molar-refractivity contribution in [1.29, 1.82) is 0 Å². The SMILES string of the molecule is NNc1ccc([N+](=O)[O-])c(C(=O)NCCOCC(N)=O)c1. The van der Waals surface area contributed by atoms with Crippen molar-refractivity contribution in [3.8, 4) is 0 Å². The highest BCUT2D eigenvalue weighted by molar-refractivity contribution is 5.99. The number of hydrazine groups is 1. The third-order valence-electron chi connectivity index (χ3n) is 2.38. The number of nitro groups is 1. The molecular weight excluding hydrogens is 282 g/mol. The minimum Gasteiger partial charge on any atom is -0.370 e. The van der Waals surface area contributed by atoms with Crippen molar-refractivity contribution in [3.05, 3.63) is 33.9 Å². The number of hydrogen-bond donors (Lipinski definition) is 4. The number of nitrogens with two attached hydrogens (primary N) is 2. The Morgan fingerprint density at radius 1 is 1.38 bits per heavy atom. The van der Waals surface area contributed by atoms with Gasteiger partial charge in [-0.15, -0.1) is 0 Å². The van der Waals surface area contributed by atoms with Gasteiger partial charge in [-0.05, 0) is 12.1 Å². The van der Waals surface area contributed by atoms with Crippen LogP contribution in [0, 0.1) is 10.1 Å². The predicted molar refractivity (Wildman–Crippen MR) is 73.3 cm³/mol. The molecule has 0 atom stereocenters.